The van der Waals surface area contributed by atoms with E-state index in [0.717, 1.165) is 18.4 Å². The maximum Gasteiger partial charge on any atom is 0.329 e. The van der Waals surface area contributed by atoms with Crippen molar-refractivity contribution in [3.63, 3.8) is 0 Å². The third-order valence-corrected chi connectivity index (χ3v) is 4.59. The Bertz CT molecular complexity index is 498. The van der Waals surface area contributed by atoms with Gasteiger partial charge in [-0.05, 0) is 24.8 Å². The number of carboxylic acid groups (broad SMARTS) is 1. The van der Waals surface area contributed by atoms with Crippen molar-refractivity contribution in [2.24, 2.45) is 5.92 Å². The Kier molecular flexibility index (Phi) is 5.28. The van der Waals surface area contributed by atoms with Crippen LogP contribution in [0.3, 0.4) is 0 Å². The molecule has 1 fully saturated rings. The highest BCUT2D eigenvalue weighted by Crippen LogP contribution is 2.30. The summed E-state index contributed by atoms with van der Waals surface area (Å²) in [4.78, 5) is 23.9. The van der Waals surface area contributed by atoms with Crippen LogP contribution in [-0.2, 0) is 16.0 Å². The molecule has 1 aromatic rings. The minimum atomic E-state index is -1.07. The third-order valence-electron chi connectivity index (χ3n) is 4.15. The highest BCUT2D eigenvalue weighted by Gasteiger charge is 2.43. The van der Waals surface area contributed by atoms with Crippen molar-refractivity contribution in [1.29, 1.82) is 0 Å². The van der Waals surface area contributed by atoms with Gasteiger partial charge in [0.1, 0.15) is 5.54 Å². The quantitative estimate of drug-likeness (QED) is 0.706. The van der Waals surface area contributed by atoms with E-state index in [1.165, 1.54) is 0 Å². The number of amides is 1. The molecular formula is C16H21NO3S. The molecule has 1 aliphatic rings. The number of nitrogens with one attached hydrogen (secondary N) is 1. The summed E-state index contributed by atoms with van der Waals surface area (Å²) in [5, 5.41) is 12.2. The molecular weight excluding hydrogens is 286 g/mol. The van der Waals surface area contributed by atoms with Crippen LogP contribution in [0.2, 0.25) is 0 Å². The molecule has 0 aliphatic heterocycles. The second-order valence-electron chi connectivity index (χ2n) is 5.65. The van der Waals surface area contributed by atoms with Crippen molar-refractivity contribution in [3.05, 3.63) is 35.9 Å². The summed E-state index contributed by atoms with van der Waals surface area (Å²) in [5.74, 6) is -1.05. The van der Waals surface area contributed by atoms with Crippen LogP contribution in [0, 0.1) is 5.92 Å². The predicted octanol–water partition coefficient (Wildman–Crippen LogP) is 2.29. The molecule has 1 unspecified atom stereocenters. The number of carboxylic acids is 1. The van der Waals surface area contributed by atoms with E-state index in [4.69, 9.17) is 0 Å². The molecule has 5 heteroatoms. The zero-order chi connectivity index (χ0) is 15.3. The summed E-state index contributed by atoms with van der Waals surface area (Å²) in [6.45, 7) is 0. The van der Waals surface area contributed by atoms with E-state index in [1.54, 1.807) is 0 Å². The number of carbonyl (C=O) groups excluding carboxylic acids is 1. The molecule has 0 radical (unpaired) electrons. The second kappa shape index (κ2) is 6.98. The molecule has 0 spiro atoms. The van der Waals surface area contributed by atoms with E-state index in [0.29, 0.717) is 25.0 Å². The Morgan fingerprint density at radius 1 is 1.24 bits per heavy atom. The first-order chi connectivity index (χ1) is 10.1. The Labute approximate surface area is 130 Å². The highest BCUT2D eigenvalue weighted by molar-refractivity contribution is 7.80. The molecule has 1 atom stereocenters. The minimum Gasteiger partial charge on any atom is -0.480 e. The average molecular weight is 307 g/mol. The maximum absolute atomic E-state index is 12.4. The number of thiol groups is 1. The number of benzene rings is 1. The van der Waals surface area contributed by atoms with Gasteiger partial charge in [0.2, 0.25) is 5.91 Å². The van der Waals surface area contributed by atoms with Gasteiger partial charge in [0.05, 0.1) is 5.92 Å². The summed E-state index contributed by atoms with van der Waals surface area (Å²) < 4.78 is 0. The zero-order valence-electron chi connectivity index (χ0n) is 11.9. The fourth-order valence-electron chi connectivity index (χ4n) is 2.85. The lowest BCUT2D eigenvalue weighted by Crippen LogP contribution is -2.54. The standard InChI is InChI=1S/C16H21NO3S/c18-14(17-16(15(19)20)8-4-5-9-16)13(11-21)10-12-6-2-1-3-7-12/h1-3,6-7,13,21H,4-5,8-11H2,(H,17,18)(H,19,20). The van der Waals surface area contributed by atoms with Crippen LogP contribution in [0.1, 0.15) is 31.2 Å². The summed E-state index contributed by atoms with van der Waals surface area (Å²) in [6.07, 6.45) is 3.29. The molecule has 114 valence electrons. The van der Waals surface area contributed by atoms with Gasteiger partial charge in [-0.3, -0.25) is 4.79 Å². The molecule has 0 heterocycles. The lowest BCUT2D eigenvalue weighted by molar-refractivity contribution is -0.148. The van der Waals surface area contributed by atoms with E-state index in [1.807, 2.05) is 30.3 Å². The van der Waals surface area contributed by atoms with Crippen LogP contribution in [0.15, 0.2) is 30.3 Å². The zero-order valence-corrected chi connectivity index (χ0v) is 12.8. The SMILES string of the molecule is O=C(NC1(C(=O)O)CCCC1)C(CS)Cc1ccccc1. The van der Waals surface area contributed by atoms with Gasteiger partial charge in [0.15, 0.2) is 0 Å². The minimum absolute atomic E-state index is 0.210. The van der Waals surface area contributed by atoms with Crippen LogP contribution in [0.25, 0.3) is 0 Å². The number of rotatable bonds is 6. The fourth-order valence-corrected chi connectivity index (χ4v) is 3.14. The van der Waals surface area contributed by atoms with Gasteiger partial charge in [0, 0.05) is 5.75 Å². The predicted molar refractivity (Wildman–Crippen MR) is 84.5 cm³/mol. The normalized spacial score (nSPS) is 18.1. The summed E-state index contributed by atoms with van der Waals surface area (Å²) >= 11 is 4.25. The number of hydrogen-bond donors (Lipinski definition) is 3. The van der Waals surface area contributed by atoms with Gasteiger partial charge in [-0.2, -0.15) is 12.6 Å². The van der Waals surface area contributed by atoms with Crippen LogP contribution in [0.4, 0.5) is 0 Å². The van der Waals surface area contributed by atoms with Crippen LogP contribution >= 0.6 is 12.6 Å². The van der Waals surface area contributed by atoms with Gasteiger partial charge in [-0.1, -0.05) is 43.2 Å². The first-order valence-electron chi connectivity index (χ1n) is 7.27. The topological polar surface area (TPSA) is 66.4 Å². The first kappa shape index (κ1) is 15.9. The smallest absolute Gasteiger partial charge is 0.329 e. The third kappa shape index (κ3) is 3.79. The van der Waals surface area contributed by atoms with Crippen molar-refractivity contribution < 1.29 is 14.7 Å². The van der Waals surface area contributed by atoms with Crippen molar-refractivity contribution in [2.45, 2.75) is 37.6 Å². The van der Waals surface area contributed by atoms with Crippen LogP contribution in [0.5, 0.6) is 0 Å². The molecule has 4 nitrogen and oxygen atoms in total. The van der Waals surface area contributed by atoms with Crippen LogP contribution < -0.4 is 5.32 Å². The Balaban J connectivity index is 2.04. The monoisotopic (exact) mass is 307 g/mol. The number of aliphatic carboxylic acids is 1. The number of hydrogen-bond acceptors (Lipinski definition) is 3. The molecule has 0 bridgehead atoms. The Morgan fingerprint density at radius 2 is 1.86 bits per heavy atom. The largest absolute Gasteiger partial charge is 0.480 e. The Hall–Kier alpha value is -1.49. The molecule has 1 aliphatic carbocycles. The van der Waals surface area contributed by atoms with Crippen molar-refractivity contribution >= 4 is 24.5 Å². The average Bonchev–Trinajstić information content (AvgIpc) is 2.95. The summed E-state index contributed by atoms with van der Waals surface area (Å²) in [7, 11) is 0. The molecule has 2 rings (SSSR count). The van der Waals surface area contributed by atoms with Crippen molar-refractivity contribution in [1.82, 2.24) is 5.32 Å². The fraction of sp³-hybridized carbons (Fsp3) is 0.500. The molecule has 0 saturated heterocycles. The molecule has 1 aromatic carbocycles. The van der Waals surface area contributed by atoms with Gasteiger partial charge in [-0.15, -0.1) is 0 Å². The summed E-state index contributed by atoms with van der Waals surface area (Å²) in [6, 6.07) is 9.72. The van der Waals surface area contributed by atoms with E-state index < -0.39 is 11.5 Å². The molecule has 1 saturated carbocycles. The lowest BCUT2D eigenvalue weighted by atomic mass is 9.94. The van der Waals surface area contributed by atoms with Gasteiger partial charge < -0.3 is 10.4 Å². The molecule has 1 amide bonds. The maximum atomic E-state index is 12.4. The molecule has 2 N–H and O–H groups in total. The van der Waals surface area contributed by atoms with Crippen LogP contribution in [-0.4, -0.2) is 28.3 Å². The second-order valence-corrected chi connectivity index (χ2v) is 6.02. The first-order valence-corrected chi connectivity index (χ1v) is 7.91. The Morgan fingerprint density at radius 3 is 2.38 bits per heavy atom. The van der Waals surface area contributed by atoms with Gasteiger partial charge in [-0.25, -0.2) is 4.79 Å². The van der Waals surface area contributed by atoms with Crippen molar-refractivity contribution in [3.8, 4) is 0 Å². The van der Waals surface area contributed by atoms with E-state index >= 15 is 0 Å². The van der Waals surface area contributed by atoms with E-state index in [2.05, 4.69) is 17.9 Å². The van der Waals surface area contributed by atoms with Crippen molar-refractivity contribution in [2.75, 3.05) is 5.75 Å². The van der Waals surface area contributed by atoms with E-state index in [-0.39, 0.29) is 11.8 Å². The van der Waals surface area contributed by atoms with Gasteiger partial charge >= 0.3 is 5.97 Å². The summed E-state index contributed by atoms with van der Waals surface area (Å²) in [5.41, 5.74) is -0.0166. The van der Waals surface area contributed by atoms with E-state index in [9.17, 15) is 14.7 Å². The molecule has 0 aromatic heterocycles. The highest BCUT2D eigenvalue weighted by atomic mass is 32.1. The lowest BCUT2D eigenvalue weighted by Gasteiger charge is -2.27. The van der Waals surface area contributed by atoms with Gasteiger partial charge in [0.25, 0.3) is 0 Å². The molecule has 21 heavy (non-hydrogen) atoms. The number of carbonyl (C=O) groups is 2.